The first-order valence-corrected chi connectivity index (χ1v) is 10.3. The molecule has 0 spiro atoms. The number of benzene rings is 2. The van der Waals surface area contributed by atoms with Crippen molar-refractivity contribution < 1.29 is 18.7 Å². The Labute approximate surface area is 203 Å². The molecule has 1 saturated heterocycles. The maximum atomic E-state index is 13.3. The van der Waals surface area contributed by atoms with E-state index in [9.17, 15) is 14.0 Å². The van der Waals surface area contributed by atoms with Crippen LogP contribution < -0.4 is 5.32 Å². The molecule has 2 amide bonds. The maximum absolute atomic E-state index is 13.3. The average molecular weight is 552 g/mol. The lowest BCUT2D eigenvalue weighted by molar-refractivity contribution is -0.0605. The second-order valence-corrected chi connectivity index (χ2v) is 7.67. The van der Waals surface area contributed by atoms with Gasteiger partial charge in [-0.05, 0) is 36.8 Å². The first kappa shape index (κ1) is 24.1. The third-order valence-corrected chi connectivity index (χ3v) is 5.51. The van der Waals surface area contributed by atoms with E-state index in [1.54, 1.807) is 43.4 Å². The molecular formula is C23H26FIN4O3. The van der Waals surface area contributed by atoms with E-state index in [0.717, 1.165) is 5.56 Å². The SMILES string of the molecule is CN=C(NCCN1C(=O)c2ccccc2C1=O)N1CC(C)OC(c2ccc(F)cc2)C1.I. The van der Waals surface area contributed by atoms with Gasteiger partial charge in [-0.15, -0.1) is 24.0 Å². The second-order valence-electron chi connectivity index (χ2n) is 7.67. The number of halogens is 2. The molecule has 170 valence electrons. The summed E-state index contributed by atoms with van der Waals surface area (Å²) in [4.78, 5) is 32.7. The van der Waals surface area contributed by atoms with Gasteiger partial charge in [0.05, 0.1) is 23.8 Å². The van der Waals surface area contributed by atoms with Crippen molar-refractivity contribution in [1.82, 2.24) is 15.1 Å². The lowest BCUT2D eigenvalue weighted by Gasteiger charge is -2.38. The van der Waals surface area contributed by atoms with E-state index in [2.05, 4.69) is 15.2 Å². The Morgan fingerprint density at radius 3 is 2.31 bits per heavy atom. The van der Waals surface area contributed by atoms with E-state index in [1.807, 2.05) is 6.92 Å². The number of hydrogen-bond donors (Lipinski definition) is 1. The number of imide groups is 1. The zero-order valence-electron chi connectivity index (χ0n) is 18.0. The highest BCUT2D eigenvalue weighted by atomic mass is 127. The van der Waals surface area contributed by atoms with Gasteiger partial charge in [0.1, 0.15) is 11.9 Å². The smallest absolute Gasteiger partial charge is 0.261 e. The largest absolute Gasteiger partial charge is 0.367 e. The third-order valence-electron chi connectivity index (χ3n) is 5.51. The monoisotopic (exact) mass is 552 g/mol. The Morgan fingerprint density at radius 2 is 1.72 bits per heavy atom. The van der Waals surface area contributed by atoms with Crippen molar-refractivity contribution in [3.63, 3.8) is 0 Å². The van der Waals surface area contributed by atoms with Crippen LogP contribution in [0.5, 0.6) is 0 Å². The summed E-state index contributed by atoms with van der Waals surface area (Å²) < 4.78 is 19.3. The molecule has 0 radical (unpaired) electrons. The van der Waals surface area contributed by atoms with Crippen LogP contribution in [0.2, 0.25) is 0 Å². The highest BCUT2D eigenvalue weighted by molar-refractivity contribution is 14.0. The summed E-state index contributed by atoms with van der Waals surface area (Å²) in [6.07, 6.45) is -0.252. The van der Waals surface area contributed by atoms with Crippen LogP contribution in [0.25, 0.3) is 0 Å². The number of nitrogens with zero attached hydrogens (tertiary/aromatic N) is 3. The molecule has 9 heteroatoms. The summed E-state index contributed by atoms with van der Waals surface area (Å²) >= 11 is 0. The quantitative estimate of drug-likeness (QED) is 0.273. The minimum atomic E-state index is -0.282. The molecule has 2 heterocycles. The van der Waals surface area contributed by atoms with Crippen LogP contribution in [-0.4, -0.2) is 66.9 Å². The van der Waals surface area contributed by atoms with Crippen LogP contribution in [0.3, 0.4) is 0 Å². The Bertz CT molecular complexity index is 980. The van der Waals surface area contributed by atoms with Crippen molar-refractivity contribution in [3.8, 4) is 0 Å². The normalized spacial score (nSPS) is 20.8. The minimum absolute atomic E-state index is 0. The van der Waals surface area contributed by atoms with Gasteiger partial charge in [0, 0.05) is 26.7 Å². The number of morpholine rings is 1. The number of aliphatic imine (C=N–C) groups is 1. The summed E-state index contributed by atoms with van der Waals surface area (Å²) in [5.74, 6) is -0.156. The van der Waals surface area contributed by atoms with Crippen molar-refractivity contribution in [3.05, 3.63) is 71.0 Å². The highest BCUT2D eigenvalue weighted by Crippen LogP contribution is 2.26. The van der Waals surface area contributed by atoms with E-state index in [0.29, 0.717) is 36.7 Å². The van der Waals surface area contributed by atoms with Crippen molar-refractivity contribution in [2.75, 3.05) is 33.2 Å². The molecule has 0 aromatic heterocycles. The van der Waals surface area contributed by atoms with Crippen LogP contribution in [-0.2, 0) is 4.74 Å². The Hall–Kier alpha value is -2.53. The van der Waals surface area contributed by atoms with Gasteiger partial charge in [-0.2, -0.15) is 0 Å². The van der Waals surface area contributed by atoms with Crippen molar-refractivity contribution in [2.24, 2.45) is 4.99 Å². The van der Waals surface area contributed by atoms with Gasteiger partial charge in [-0.1, -0.05) is 24.3 Å². The van der Waals surface area contributed by atoms with Crippen LogP contribution >= 0.6 is 24.0 Å². The third kappa shape index (κ3) is 4.93. The number of carbonyl (C=O) groups excluding carboxylic acids is 2. The summed E-state index contributed by atoms with van der Waals surface area (Å²) in [5.41, 5.74) is 1.79. The number of carbonyl (C=O) groups is 2. The molecule has 1 fully saturated rings. The fraction of sp³-hybridized carbons (Fsp3) is 0.348. The van der Waals surface area contributed by atoms with Crippen LogP contribution in [0, 0.1) is 5.82 Å². The fourth-order valence-electron chi connectivity index (χ4n) is 4.04. The topological polar surface area (TPSA) is 74.2 Å². The van der Waals surface area contributed by atoms with E-state index in [-0.39, 0.29) is 60.4 Å². The highest BCUT2D eigenvalue weighted by Gasteiger charge is 2.35. The number of fused-ring (bicyclic) bond motifs is 1. The van der Waals surface area contributed by atoms with Crippen LogP contribution in [0.4, 0.5) is 4.39 Å². The Balaban J connectivity index is 0.00000289. The summed E-state index contributed by atoms with van der Waals surface area (Å²) in [7, 11) is 1.69. The first-order valence-electron chi connectivity index (χ1n) is 10.3. The zero-order chi connectivity index (χ0) is 22.0. The number of rotatable bonds is 4. The number of nitrogens with one attached hydrogen (secondary N) is 1. The molecule has 2 aliphatic rings. The minimum Gasteiger partial charge on any atom is -0.367 e. The fourth-order valence-corrected chi connectivity index (χ4v) is 4.04. The Kier molecular flexibility index (Phi) is 7.83. The molecular weight excluding hydrogens is 526 g/mol. The van der Waals surface area contributed by atoms with Crippen LogP contribution in [0.1, 0.15) is 39.3 Å². The predicted molar refractivity (Wildman–Crippen MR) is 130 cm³/mol. The predicted octanol–water partition coefficient (Wildman–Crippen LogP) is 3.08. The molecule has 1 N–H and O–H groups in total. The number of amides is 2. The van der Waals surface area contributed by atoms with Gasteiger partial charge in [0.15, 0.2) is 5.96 Å². The van der Waals surface area contributed by atoms with Crippen molar-refractivity contribution in [2.45, 2.75) is 19.1 Å². The molecule has 32 heavy (non-hydrogen) atoms. The maximum Gasteiger partial charge on any atom is 0.261 e. The molecule has 7 nitrogen and oxygen atoms in total. The zero-order valence-corrected chi connectivity index (χ0v) is 20.3. The van der Waals surface area contributed by atoms with Gasteiger partial charge in [0.2, 0.25) is 0 Å². The van der Waals surface area contributed by atoms with E-state index < -0.39 is 0 Å². The molecule has 4 rings (SSSR count). The molecule has 0 saturated carbocycles. The van der Waals surface area contributed by atoms with Gasteiger partial charge in [-0.25, -0.2) is 4.39 Å². The lowest BCUT2D eigenvalue weighted by Crippen LogP contribution is -2.52. The summed E-state index contributed by atoms with van der Waals surface area (Å²) in [6.45, 7) is 3.81. The van der Waals surface area contributed by atoms with E-state index in [4.69, 9.17) is 4.74 Å². The standard InChI is InChI=1S/C23H25FN4O3.HI/c1-15-13-27(14-20(31-15)16-7-9-17(24)10-8-16)23(25-2)26-11-12-28-21(29)18-5-3-4-6-19(18)22(28)30;/h3-10,15,20H,11-14H2,1-2H3,(H,25,26);1H. The molecule has 0 aliphatic carbocycles. The molecule has 2 aliphatic heterocycles. The van der Waals surface area contributed by atoms with Gasteiger partial charge in [-0.3, -0.25) is 19.5 Å². The number of hydrogen-bond acceptors (Lipinski definition) is 4. The van der Waals surface area contributed by atoms with Gasteiger partial charge in [0.25, 0.3) is 11.8 Å². The number of guanidine groups is 1. The summed E-state index contributed by atoms with van der Waals surface area (Å²) in [5, 5.41) is 3.25. The number of ether oxygens (including phenoxy) is 1. The van der Waals surface area contributed by atoms with Crippen molar-refractivity contribution in [1.29, 1.82) is 0 Å². The molecule has 2 atom stereocenters. The van der Waals surface area contributed by atoms with Crippen molar-refractivity contribution >= 4 is 41.8 Å². The van der Waals surface area contributed by atoms with Crippen LogP contribution in [0.15, 0.2) is 53.5 Å². The Morgan fingerprint density at radius 1 is 1.09 bits per heavy atom. The second kappa shape index (κ2) is 10.4. The lowest BCUT2D eigenvalue weighted by atomic mass is 10.1. The van der Waals surface area contributed by atoms with Gasteiger partial charge < -0.3 is 15.0 Å². The first-order chi connectivity index (χ1) is 15.0. The average Bonchev–Trinajstić information content (AvgIpc) is 3.01. The molecule has 2 unspecified atom stereocenters. The summed E-state index contributed by atoms with van der Waals surface area (Å²) in [6, 6.07) is 13.2. The molecule has 0 bridgehead atoms. The molecule has 2 aromatic carbocycles. The van der Waals surface area contributed by atoms with E-state index >= 15 is 0 Å². The molecule has 2 aromatic rings. The van der Waals surface area contributed by atoms with E-state index in [1.165, 1.54) is 17.0 Å². The van der Waals surface area contributed by atoms with Gasteiger partial charge >= 0.3 is 0 Å².